The highest BCUT2D eigenvalue weighted by Gasteiger charge is 2.49. The van der Waals surface area contributed by atoms with Crippen LogP contribution < -0.4 is 0 Å². The molecule has 1 amide bonds. The molecule has 0 aliphatic carbocycles. The van der Waals surface area contributed by atoms with Gasteiger partial charge in [-0.1, -0.05) is 67.6 Å². The average molecular weight is 452 g/mol. The normalized spacial score (nSPS) is 20.9. The van der Waals surface area contributed by atoms with Crippen LogP contribution in [0.5, 0.6) is 0 Å². The predicted molar refractivity (Wildman–Crippen MR) is 128 cm³/mol. The summed E-state index contributed by atoms with van der Waals surface area (Å²) < 4.78 is 12.1. The molecule has 1 saturated heterocycles. The van der Waals surface area contributed by atoms with Gasteiger partial charge in [0, 0.05) is 5.56 Å². The second-order valence-corrected chi connectivity index (χ2v) is 9.24. The Kier molecular flexibility index (Phi) is 7.59. The Labute approximate surface area is 195 Å². The summed E-state index contributed by atoms with van der Waals surface area (Å²) in [4.78, 5) is 26.7. The summed E-state index contributed by atoms with van der Waals surface area (Å²) in [5.41, 5.74) is 2.91. The number of hydrogen-bond donors (Lipinski definition) is 1. The van der Waals surface area contributed by atoms with Crippen LogP contribution in [0.2, 0.25) is 0 Å². The Morgan fingerprint density at radius 2 is 1.82 bits per heavy atom. The van der Waals surface area contributed by atoms with Crippen molar-refractivity contribution >= 4 is 18.1 Å². The Bertz CT molecular complexity index is 1010. The van der Waals surface area contributed by atoms with Crippen molar-refractivity contribution in [2.75, 3.05) is 0 Å². The van der Waals surface area contributed by atoms with Gasteiger partial charge in [-0.15, -0.1) is 0 Å². The number of rotatable bonds is 6. The molecule has 1 fully saturated rings. The third-order valence-electron chi connectivity index (χ3n) is 5.55. The summed E-state index contributed by atoms with van der Waals surface area (Å²) in [6, 6.07) is 14.7. The zero-order valence-corrected chi connectivity index (χ0v) is 19.9. The molecule has 1 heterocycles. The van der Waals surface area contributed by atoms with Gasteiger partial charge in [0.2, 0.25) is 0 Å². The number of ether oxygens (including phenoxy) is 2. The van der Waals surface area contributed by atoms with E-state index < -0.39 is 36.0 Å². The van der Waals surface area contributed by atoms with E-state index in [9.17, 15) is 14.7 Å². The van der Waals surface area contributed by atoms with Crippen LogP contribution in [0.15, 0.2) is 54.6 Å². The molecule has 1 aliphatic rings. The smallest absolute Gasteiger partial charge is 0.413 e. The largest absolute Gasteiger partial charge is 0.481 e. The predicted octanol–water partition coefficient (Wildman–Crippen LogP) is 6.27. The number of allylic oxidation sites excluding steroid dienone is 1. The number of aliphatic carboxylic acids is 1. The number of amides is 1. The first kappa shape index (κ1) is 24.5. The molecule has 3 rings (SSSR count). The summed E-state index contributed by atoms with van der Waals surface area (Å²) in [6.45, 7) is 9.49. The molecule has 0 bridgehead atoms. The molecular formula is C27H33NO5. The molecule has 1 N–H and O–H groups in total. The lowest BCUT2D eigenvalue weighted by Crippen LogP contribution is -2.39. The van der Waals surface area contributed by atoms with Crippen LogP contribution in [0.1, 0.15) is 75.1 Å². The molecule has 2 aromatic rings. The van der Waals surface area contributed by atoms with Crippen molar-refractivity contribution in [3.05, 3.63) is 76.9 Å². The summed E-state index contributed by atoms with van der Waals surface area (Å²) in [6.07, 6.45) is 2.76. The minimum atomic E-state index is -0.984. The zero-order valence-electron chi connectivity index (χ0n) is 19.9. The lowest BCUT2D eigenvalue weighted by molar-refractivity contribution is -0.140. The van der Waals surface area contributed by atoms with Crippen molar-refractivity contribution in [2.45, 2.75) is 71.4 Å². The van der Waals surface area contributed by atoms with Crippen LogP contribution >= 0.6 is 0 Å². The lowest BCUT2D eigenvalue weighted by Gasteiger charge is -2.32. The van der Waals surface area contributed by atoms with Crippen LogP contribution in [0.4, 0.5) is 4.79 Å². The second kappa shape index (κ2) is 10.2. The number of carboxylic acid groups (broad SMARTS) is 1. The van der Waals surface area contributed by atoms with Crippen molar-refractivity contribution in [1.82, 2.24) is 4.90 Å². The number of nitrogens with zero attached hydrogens (tertiary/aromatic N) is 1. The fourth-order valence-electron chi connectivity index (χ4n) is 4.10. The van der Waals surface area contributed by atoms with E-state index in [4.69, 9.17) is 9.47 Å². The number of benzene rings is 2. The van der Waals surface area contributed by atoms with Gasteiger partial charge in [-0.2, -0.15) is 0 Å². The van der Waals surface area contributed by atoms with Crippen molar-refractivity contribution in [3.8, 4) is 0 Å². The average Bonchev–Trinajstić information content (AvgIpc) is 3.10. The molecule has 3 atom stereocenters. The maximum atomic E-state index is 13.5. The summed E-state index contributed by atoms with van der Waals surface area (Å²) in [7, 11) is 0. The van der Waals surface area contributed by atoms with E-state index in [1.54, 1.807) is 4.90 Å². The molecule has 0 aromatic heterocycles. The standard InChI is InChI=1S/C27H33NO5/c1-6-7-12-19-15-11-16-21(18(19)2)25-28(26(31)33-27(3,4)5)24(20-13-9-8-10-14-20)22(32-25)17-23(29)30/h7-16,22,24-25H,6,17H2,1-5H3,(H,29,30)/b12-7-/t22-,24-,25?/m0/s1. The maximum absolute atomic E-state index is 13.5. The van der Waals surface area contributed by atoms with Gasteiger partial charge in [0.1, 0.15) is 5.60 Å². The highest BCUT2D eigenvalue weighted by atomic mass is 16.6. The van der Waals surface area contributed by atoms with E-state index in [0.717, 1.165) is 28.7 Å². The van der Waals surface area contributed by atoms with Gasteiger partial charge in [0.15, 0.2) is 6.23 Å². The molecule has 0 saturated carbocycles. The number of hydrogen-bond acceptors (Lipinski definition) is 4. The fourth-order valence-corrected chi connectivity index (χ4v) is 4.10. The molecule has 176 valence electrons. The van der Waals surface area contributed by atoms with Crippen LogP contribution in [-0.4, -0.2) is 33.8 Å². The van der Waals surface area contributed by atoms with E-state index in [1.807, 2.05) is 76.2 Å². The van der Waals surface area contributed by atoms with Crippen molar-refractivity contribution in [1.29, 1.82) is 0 Å². The van der Waals surface area contributed by atoms with E-state index in [1.165, 1.54) is 0 Å². The second-order valence-electron chi connectivity index (χ2n) is 9.24. The Morgan fingerprint density at radius 3 is 2.42 bits per heavy atom. The van der Waals surface area contributed by atoms with Gasteiger partial charge in [0.25, 0.3) is 0 Å². The highest BCUT2D eigenvalue weighted by molar-refractivity contribution is 5.72. The molecule has 1 unspecified atom stereocenters. The minimum Gasteiger partial charge on any atom is -0.481 e. The molecule has 33 heavy (non-hydrogen) atoms. The van der Waals surface area contributed by atoms with E-state index in [-0.39, 0.29) is 6.42 Å². The summed E-state index contributed by atoms with van der Waals surface area (Å²) >= 11 is 0. The molecule has 1 aliphatic heterocycles. The number of carbonyl (C=O) groups excluding carboxylic acids is 1. The van der Waals surface area contributed by atoms with Gasteiger partial charge in [-0.05, 0) is 50.8 Å². The van der Waals surface area contributed by atoms with Gasteiger partial charge in [-0.3, -0.25) is 9.69 Å². The van der Waals surface area contributed by atoms with Gasteiger partial charge in [-0.25, -0.2) is 4.79 Å². The van der Waals surface area contributed by atoms with Crippen molar-refractivity contribution in [3.63, 3.8) is 0 Å². The van der Waals surface area contributed by atoms with Crippen molar-refractivity contribution in [2.24, 2.45) is 0 Å². The maximum Gasteiger partial charge on any atom is 0.413 e. The van der Waals surface area contributed by atoms with Crippen molar-refractivity contribution < 1.29 is 24.2 Å². The van der Waals surface area contributed by atoms with Crippen LogP contribution in [-0.2, 0) is 14.3 Å². The number of carboxylic acids is 1. The first-order valence-electron chi connectivity index (χ1n) is 11.3. The number of carbonyl (C=O) groups is 2. The molecule has 0 spiro atoms. The molecule has 0 radical (unpaired) electrons. The zero-order chi connectivity index (χ0) is 24.2. The molecular weight excluding hydrogens is 418 g/mol. The Morgan fingerprint density at radius 1 is 1.12 bits per heavy atom. The van der Waals surface area contributed by atoms with E-state index in [0.29, 0.717) is 0 Å². The third-order valence-corrected chi connectivity index (χ3v) is 5.55. The van der Waals surface area contributed by atoms with Gasteiger partial charge < -0.3 is 14.6 Å². The highest BCUT2D eigenvalue weighted by Crippen LogP contribution is 2.46. The molecule has 6 heteroatoms. The quantitative estimate of drug-likeness (QED) is 0.560. The summed E-state index contributed by atoms with van der Waals surface area (Å²) in [5.74, 6) is -0.984. The lowest BCUT2D eigenvalue weighted by atomic mass is 9.97. The van der Waals surface area contributed by atoms with Crippen LogP contribution in [0.25, 0.3) is 6.08 Å². The third kappa shape index (κ3) is 5.82. The minimum absolute atomic E-state index is 0.232. The van der Waals surface area contributed by atoms with Gasteiger partial charge >= 0.3 is 12.1 Å². The topological polar surface area (TPSA) is 76.1 Å². The van der Waals surface area contributed by atoms with Crippen LogP contribution in [0.3, 0.4) is 0 Å². The fraction of sp³-hybridized carbons (Fsp3) is 0.407. The van der Waals surface area contributed by atoms with E-state index in [2.05, 4.69) is 19.1 Å². The Balaban J connectivity index is 2.14. The van der Waals surface area contributed by atoms with Gasteiger partial charge in [0.05, 0.1) is 18.6 Å². The van der Waals surface area contributed by atoms with Crippen LogP contribution in [0, 0.1) is 6.92 Å². The first-order chi connectivity index (χ1) is 15.6. The Hall–Kier alpha value is -3.12. The monoisotopic (exact) mass is 451 g/mol. The van der Waals surface area contributed by atoms with E-state index >= 15 is 0 Å². The SMILES string of the molecule is CC/C=C\c1cccc(C2O[C@@H](CC(=O)O)[C@H](c3ccccc3)N2C(=O)OC(C)(C)C)c1C. The summed E-state index contributed by atoms with van der Waals surface area (Å²) in [5, 5.41) is 9.58. The molecule has 6 nitrogen and oxygen atoms in total. The first-order valence-corrected chi connectivity index (χ1v) is 11.3. The molecule has 2 aromatic carbocycles.